The summed E-state index contributed by atoms with van der Waals surface area (Å²) in [6.45, 7) is 7.28. The quantitative estimate of drug-likeness (QED) is 0.0222. The third-order valence-electron chi connectivity index (χ3n) is 18.8. The molecule has 0 fully saturated rings. The molecule has 5 atom stereocenters. The summed E-state index contributed by atoms with van der Waals surface area (Å²) in [6, 6.07) is 0. The van der Waals surface area contributed by atoms with E-state index in [0.29, 0.717) is 31.6 Å². The van der Waals surface area contributed by atoms with Crippen molar-refractivity contribution in [3.05, 3.63) is 0 Å². The molecule has 0 spiro atoms. The Balaban J connectivity index is 5.24. The number of hydrogen-bond acceptors (Lipinski definition) is 15. The highest BCUT2D eigenvalue weighted by Gasteiger charge is 2.30. The molecule has 0 heterocycles. The van der Waals surface area contributed by atoms with Gasteiger partial charge in [0.05, 0.1) is 26.4 Å². The number of hydrogen-bond donors (Lipinski definition) is 3. The largest absolute Gasteiger partial charge is 0.472 e. The molecular formula is C80H156O17P2. The first-order valence-corrected chi connectivity index (χ1v) is 44.6. The number of carbonyl (C=O) groups excluding carboxylic acids is 4. The SMILES string of the molecule is CCCCCCCCCCCCCCCCCCCCC(=O)O[C@H](COC(=O)CCCCCCCCCCCCCCCCCC)COP(=O)(O)OC[C@@H](O)COP(=O)(O)OC[C@@H](COC(=O)CCCCCCCCCC(C)C)OC(=O)CCCCCCCCCCCCCCCCC. The average molecular weight is 1450 g/mol. The monoisotopic (exact) mass is 1450 g/mol. The topological polar surface area (TPSA) is 237 Å². The van der Waals surface area contributed by atoms with Gasteiger partial charge >= 0.3 is 39.5 Å². The minimum absolute atomic E-state index is 0.108. The molecule has 0 saturated carbocycles. The molecule has 99 heavy (non-hydrogen) atoms. The Morgan fingerprint density at radius 1 is 0.273 bits per heavy atom. The molecule has 0 aromatic heterocycles. The van der Waals surface area contributed by atoms with Gasteiger partial charge in [0.2, 0.25) is 0 Å². The second-order valence-corrected chi connectivity index (χ2v) is 32.2. The number of phosphoric acid groups is 2. The molecule has 19 heteroatoms. The number of carbonyl (C=O) groups is 4. The number of aliphatic hydroxyl groups is 1. The molecule has 17 nitrogen and oxygen atoms in total. The van der Waals surface area contributed by atoms with Crippen LogP contribution in [0.25, 0.3) is 0 Å². The van der Waals surface area contributed by atoms with Crippen LogP contribution in [0.3, 0.4) is 0 Å². The summed E-state index contributed by atoms with van der Waals surface area (Å²) in [5.74, 6) is -1.40. The highest BCUT2D eigenvalue weighted by atomic mass is 31.2. The zero-order chi connectivity index (χ0) is 72.7. The van der Waals surface area contributed by atoms with Crippen LogP contribution in [0, 0.1) is 5.92 Å². The fourth-order valence-corrected chi connectivity index (χ4v) is 14.0. The van der Waals surface area contributed by atoms with Gasteiger partial charge in [0.15, 0.2) is 12.2 Å². The van der Waals surface area contributed by atoms with Crippen LogP contribution in [-0.4, -0.2) is 96.7 Å². The van der Waals surface area contributed by atoms with Crippen molar-refractivity contribution in [2.45, 2.75) is 445 Å². The van der Waals surface area contributed by atoms with Gasteiger partial charge in [0, 0.05) is 25.7 Å². The predicted octanol–water partition coefficient (Wildman–Crippen LogP) is 24.0. The normalized spacial score (nSPS) is 13.9. The second kappa shape index (κ2) is 73.0. The molecule has 0 aliphatic rings. The third-order valence-corrected chi connectivity index (χ3v) is 20.7. The Bertz CT molecular complexity index is 1890. The Labute approximate surface area is 607 Å². The van der Waals surface area contributed by atoms with Crippen LogP contribution in [-0.2, 0) is 65.4 Å². The predicted molar refractivity (Wildman–Crippen MR) is 405 cm³/mol. The van der Waals surface area contributed by atoms with E-state index < -0.39 is 97.5 Å². The third kappa shape index (κ3) is 74.1. The summed E-state index contributed by atoms with van der Waals surface area (Å²) in [7, 11) is -9.92. The molecule has 0 saturated heterocycles. The zero-order valence-electron chi connectivity index (χ0n) is 64.6. The minimum atomic E-state index is -4.96. The Morgan fingerprint density at radius 3 is 0.687 bits per heavy atom. The summed E-state index contributed by atoms with van der Waals surface area (Å²) < 4.78 is 68.7. The van der Waals surface area contributed by atoms with E-state index in [4.69, 9.17) is 37.0 Å². The molecule has 588 valence electrons. The van der Waals surface area contributed by atoms with Crippen molar-refractivity contribution in [1.29, 1.82) is 0 Å². The fraction of sp³-hybridized carbons (Fsp3) is 0.950. The highest BCUT2D eigenvalue weighted by molar-refractivity contribution is 7.47. The van der Waals surface area contributed by atoms with Gasteiger partial charge in [0.1, 0.15) is 19.3 Å². The van der Waals surface area contributed by atoms with E-state index in [1.54, 1.807) is 0 Å². The first kappa shape index (κ1) is 97.1. The van der Waals surface area contributed by atoms with Crippen LogP contribution in [0.1, 0.15) is 426 Å². The number of unbranched alkanes of at least 4 members (excludes halogenated alkanes) is 52. The van der Waals surface area contributed by atoms with E-state index in [2.05, 4.69) is 34.6 Å². The first-order valence-electron chi connectivity index (χ1n) is 41.6. The number of esters is 4. The van der Waals surface area contributed by atoms with Gasteiger partial charge in [-0.1, -0.05) is 375 Å². The first-order chi connectivity index (χ1) is 48.0. The summed E-state index contributed by atoms with van der Waals surface area (Å²) in [5, 5.41) is 10.6. The molecule has 0 aliphatic carbocycles. The number of rotatable bonds is 80. The van der Waals surface area contributed by atoms with Crippen molar-refractivity contribution < 1.29 is 80.2 Å². The van der Waals surface area contributed by atoms with Crippen molar-refractivity contribution in [1.82, 2.24) is 0 Å². The summed E-state index contributed by atoms with van der Waals surface area (Å²) in [5.41, 5.74) is 0. The highest BCUT2D eigenvalue weighted by Crippen LogP contribution is 2.45. The van der Waals surface area contributed by atoms with Gasteiger partial charge in [0.25, 0.3) is 0 Å². The number of ether oxygens (including phenoxy) is 4. The second-order valence-electron chi connectivity index (χ2n) is 29.3. The molecule has 0 radical (unpaired) electrons. The smallest absolute Gasteiger partial charge is 0.462 e. The molecular weight excluding hydrogens is 1290 g/mol. The van der Waals surface area contributed by atoms with E-state index in [9.17, 15) is 43.2 Å². The Hall–Kier alpha value is -1.94. The van der Waals surface area contributed by atoms with Gasteiger partial charge < -0.3 is 33.8 Å². The van der Waals surface area contributed by atoms with Gasteiger partial charge in [-0.15, -0.1) is 0 Å². The summed E-state index contributed by atoms with van der Waals surface area (Å²) >= 11 is 0. The maximum absolute atomic E-state index is 13.1. The Morgan fingerprint density at radius 2 is 0.465 bits per heavy atom. The average Bonchev–Trinajstić information content (AvgIpc) is 1.07. The number of phosphoric ester groups is 2. The molecule has 0 aromatic carbocycles. The summed E-state index contributed by atoms with van der Waals surface area (Å²) in [6.07, 6.45) is 63.8. The maximum Gasteiger partial charge on any atom is 0.472 e. The molecule has 0 amide bonds. The van der Waals surface area contributed by atoms with E-state index in [1.165, 1.54) is 244 Å². The van der Waals surface area contributed by atoms with Crippen LogP contribution >= 0.6 is 15.6 Å². The lowest BCUT2D eigenvalue weighted by molar-refractivity contribution is -0.161. The van der Waals surface area contributed by atoms with Gasteiger partial charge in [-0.3, -0.25) is 37.3 Å². The lowest BCUT2D eigenvalue weighted by atomic mass is 10.0. The zero-order valence-corrected chi connectivity index (χ0v) is 66.4. The van der Waals surface area contributed by atoms with E-state index in [-0.39, 0.29) is 25.7 Å². The Kier molecular flexibility index (Phi) is 71.6. The van der Waals surface area contributed by atoms with Crippen molar-refractivity contribution >= 4 is 39.5 Å². The fourth-order valence-electron chi connectivity index (χ4n) is 12.4. The van der Waals surface area contributed by atoms with Crippen molar-refractivity contribution in [3.8, 4) is 0 Å². The molecule has 0 rings (SSSR count). The van der Waals surface area contributed by atoms with Crippen molar-refractivity contribution in [2.24, 2.45) is 5.92 Å². The lowest BCUT2D eigenvalue weighted by Crippen LogP contribution is -2.30. The van der Waals surface area contributed by atoms with Gasteiger partial charge in [-0.2, -0.15) is 0 Å². The molecule has 0 aromatic rings. The van der Waals surface area contributed by atoms with E-state index >= 15 is 0 Å². The maximum atomic E-state index is 13.1. The number of aliphatic hydroxyl groups excluding tert-OH is 1. The molecule has 0 bridgehead atoms. The van der Waals surface area contributed by atoms with Gasteiger partial charge in [-0.25, -0.2) is 9.13 Å². The van der Waals surface area contributed by atoms with Crippen LogP contribution in [0.5, 0.6) is 0 Å². The summed E-state index contributed by atoms with van der Waals surface area (Å²) in [4.78, 5) is 73.0. The lowest BCUT2D eigenvalue weighted by Gasteiger charge is -2.21. The van der Waals surface area contributed by atoms with Crippen LogP contribution in [0.2, 0.25) is 0 Å². The molecule has 3 N–H and O–H groups in total. The van der Waals surface area contributed by atoms with E-state index in [0.717, 1.165) is 96.3 Å². The van der Waals surface area contributed by atoms with Gasteiger partial charge in [-0.05, 0) is 31.6 Å². The van der Waals surface area contributed by atoms with Crippen LogP contribution in [0.15, 0.2) is 0 Å². The van der Waals surface area contributed by atoms with Crippen molar-refractivity contribution in [3.63, 3.8) is 0 Å². The molecule has 2 unspecified atom stereocenters. The standard InChI is InChI=1S/C80H156O17P2/c1-6-9-12-15-18-21-24-27-30-32-33-36-39-42-45-50-56-61-66-79(84)96-75(69-90-77(82)63-58-53-48-43-40-37-35-31-28-25-22-19-16-13-10-7-2)71-94-98(86,87)92-67-74(81)68-93-99(88,89)95-72-76(70-91-78(83)64-59-54-51-46-47-52-57-62-73(4)5)97-80(85)65-60-55-49-44-41-38-34-29-26-23-20-17-14-11-8-3/h73-76,81H,6-72H2,1-5H3,(H,86,87)(H,88,89)/t74-,75-,76-/m1/s1. The van der Waals surface area contributed by atoms with Crippen LogP contribution < -0.4 is 0 Å². The van der Waals surface area contributed by atoms with Crippen molar-refractivity contribution in [2.75, 3.05) is 39.6 Å². The van der Waals surface area contributed by atoms with Crippen LogP contribution in [0.4, 0.5) is 0 Å². The molecule has 0 aliphatic heterocycles. The minimum Gasteiger partial charge on any atom is -0.462 e. The van der Waals surface area contributed by atoms with E-state index in [1.807, 2.05) is 0 Å².